The zero-order chi connectivity index (χ0) is 16.8. The molecule has 0 saturated carbocycles. The maximum atomic E-state index is 4.50. The lowest BCUT2D eigenvalue weighted by Gasteiger charge is -2.16. The summed E-state index contributed by atoms with van der Waals surface area (Å²) in [4.78, 5) is 8.41. The molecule has 2 aromatic heterocycles. The van der Waals surface area contributed by atoms with Gasteiger partial charge in [0, 0.05) is 32.9 Å². The highest BCUT2D eigenvalue weighted by Gasteiger charge is 2.09. The highest BCUT2D eigenvalue weighted by molar-refractivity contribution is 5.79. The number of hydrogen-bond donors (Lipinski definition) is 2. The third kappa shape index (κ3) is 4.80. The minimum Gasteiger partial charge on any atom is -0.356 e. The van der Waals surface area contributed by atoms with Crippen LogP contribution in [0.15, 0.2) is 17.4 Å². The molecule has 1 atom stereocenters. The molecular formula is C15H26N8. The summed E-state index contributed by atoms with van der Waals surface area (Å²) < 4.78 is 3.79. The number of aromatic nitrogens is 5. The van der Waals surface area contributed by atoms with Crippen LogP contribution in [0, 0.1) is 19.8 Å². The van der Waals surface area contributed by atoms with Gasteiger partial charge in [-0.25, -0.2) is 4.98 Å². The first-order chi connectivity index (χ1) is 11.0. The molecule has 2 aromatic rings. The zero-order valence-electron chi connectivity index (χ0n) is 14.5. The van der Waals surface area contributed by atoms with E-state index in [4.69, 9.17) is 0 Å². The van der Waals surface area contributed by atoms with Crippen molar-refractivity contribution in [1.82, 2.24) is 35.2 Å². The van der Waals surface area contributed by atoms with Gasteiger partial charge >= 0.3 is 0 Å². The van der Waals surface area contributed by atoms with Crippen LogP contribution < -0.4 is 10.6 Å². The van der Waals surface area contributed by atoms with Gasteiger partial charge in [-0.2, -0.15) is 10.2 Å². The van der Waals surface area contributed by atoms with Crippen LogP contribution in [-0.4, -0.2) is 44.1 Å². The van der Waals surface area contributed by atoms with Gasteiger partial charge in [0.05, 0.1) is 12.2 Å². The summed E-state index contributed by atoms with van der Waals surface area (Å²) in [5.41, 5.74) is 2.25. The quantitative estimate of drug-likeness (QED) is 0.603. The summed E-state index contributed by atoms with van der Waals surface area (Å²) in [6.07, 6.45) is 1.55. The van der Waals surface area contributed by atoms with Crippen LogP contribution >= 0.6 is 0 Å². The molecule has 0 amide bonds. The fourth-order valence-corrected chi connectivity index (χ4v) is 2.35. The second kappa shape index (κ2) is 7.75. The third-order valence-corrected chi connectivity index (χ3v) is 3.65. The Hall–Kier alpha value is -2.38. The minimum atomic E-state index is 0.432. The molecule has 0 aliphatic rings. The van der Waals surface area contributed by atoms with Crippen LogP contribution in [0.4, 0.5) is 0 Å². The van der Waals surface area contributed by atoms with E-state index in [1.165, 1.54) is 5.69 Å². The lowest BCUT2D eigenvalue weighted by molar-refractivity contribution is 0.435. The summed E-state index contributed by atoms with van der Waals surface area (Å²) in [5, 5.41) is 15.1. The second-order valence-electron chi connectivity index (χ2n) is 5.82. The first-order valence-electron chi connectivity index (χ1n) is 7.78. The van der Waals surface area contributed by atoms with E-state index in [2.05, 4.69) is 55.4 Å². The van der Waals surface area contributed by atoms with Crippen LogP contribution in [0.5, 0.6) is 0 Å². The van der Waals surface area contributed by atoms with Gasteiger partial charge < -0.3 is 10.6 Å². The summed E-state index contributed by atoms with van der Waals surface area (Å²) >= 11 is 0. The SMILES string of the molecule is CN=C(NCc1ncnn1C)NCC(C)Cn1nc(C)cc1C. The van der Waals surface area contributed by atoms with Crippen molar-refractivity contribution in [3.63, 3.8) is 0 Å². The molecule has 126 valence electrons. The predicted octanol–water partition coefficient (Wildman–Crippen LogP) is 0.630. The van der Waals surface area contributed by atoms with E-state index in [0.717, 1.165) is 30.6 Å². The van der Waals surface area contributed by atoms with E-state index in [0.29, 0.717) is 12.5 Å². The van der Waals surface area contributed by atoms with Gasteiger partial charge in [0.15, 0.2) is 5.96 Å². The fraction of sp³-hybridized carbons (Fsp3) is 0.600. The van der Waals surface area contributed by atoms with Crippen molar-refractivity contribution in [2.24, 2.45) is 18.0 Å². The summed E-state index contributed by atoms with van der Waals surface area (Å²) in [7, 11) is 3.63. The van der Waals surface area contributed by atoms with Crippen LogP contribution in [0.1, 0.15) is 24.1 Å². The Morgan fingerprint density at radius 2 is 2.13 bits per heavy atom. The minimum absolute atomic E-state index is 0.432. The number of nitrogens with one attached hydrogen (secondary N) is 2. The van der Waals surface area contributed by atoms with Gasteiger partial charge in [0.2, 0.25) is 0 Å². The molecule has 2 rings (SSSR count). The van der Waals surface area contributed by atoms with E-state index >= 15 is 0 Å². The lowest BCUT2D eigenvalue weighted by atomic mass is 10.2. The smallest absolute Gasteiger partial charge is 0.191 e. The molecule has 0 aliphatic heterocycles. The van der Waals surface area contributed by atoms with Crippen molar-refractivity contribution in [2.45, 2.75) is 33.9 Å². The third-order valence-electron chi connectivity index (χ3n) is 3.65. The van der Waals surface area contributed by atoms with Crippen molar-refractivity contribution in [2.75, 3.05) is 13.6 Å². The summed E-state index contributed by atoms with van der Waals surface area (Å²) in [5.74, 6) is 2.05. The molecule has 2 N–H and O–H groups in total. The lowest BCUT2D eigenvalue weighted by Crippen LogP contribution is -2.40. The number of rotatable bonds is 6. The Morgan fingerprint density at radius 3 is 2.70 bits per heavy atom. The Kier molecular flexibility index (Phi) is 5.72. The number of guanidine groups is 1. The molecule has 0 saturated heterocycles. The highest BCUT2D eigenvalue weighted by Crippen LogP contribution is 2.05. The number of nitrogens with zero attached hydrogens (tertiary/aromatic N) is 6. The number of hydrogen-bond acceptors (Lipinski definition) is 4. The molecule has 23 heavy (non-hydrogen) atoms. The maximum absolute atomic E-state index is 4.50. The molecule has 8 heteroatoms. The van der Waals surface area contributed by atoms with Gasteiger partial charge in [0.25, 0.3) is 0 Å². The molecule has 0 aromatic carbocycles. The van der Waals surface area contributed by atoms with Gasteiger partial charge in [-0.15, -0.1) is 0 Å². The van der Waals surface area contributed by atoms with Gasteiger partial charge in [-0.05, 0) is 25.8 Å². The average molecular weight is 318 g/mol. The Morgan fingerprint density at radius 1 is 1.35 bits per heavy atom. The first kappa shape index (κ1) is 17.0. The van der Waals surface area contributed by atoms with E-state index in [1.54, 1.807) is 18.1 Å². The largest absolute Gasteiger partial charge is 0.356 e. The van der Waals surface area contributed by atoms with E-state index in [-0.39, 0.29) is 0 Å². The normalized spacial score (nSPS) is 13.2. The van der Waals surface area contributed by atoms with Crippen molar-refractivity contribution in [3.8, 4) is 0 Å². The highest BCUT2D eigenvalue weighted by atomic mass is 15.3. The zero-order valence-corrected chi connectivity index (χ0v) is 14.5. The van der Waals surface area contributed by atoms with Gasteiger partial charge in [0.1, 0.15) is 12.2 Å². The fourth-order valence-electron chi connectivity index (χ4n) is 2.35. The molecule has 2 heterocycles. The average Bonchev–Trinajstić information content (AvgIpc) is 3.05. The molecule has 0 radical (unpaired) electrons. The standard InChI is InChI=1S/C15H26N8/c1-11(9-23-13(3)6-12(2)21-23)7-17-15(16-4)18-8-14-19-10-20-22(14)5/h6,10-11H,7-9H2,1-5H3,(H2,16,17,18). The van der Waals surface area contributed by atoms with Crippen LogP contribution in [0.25, 0.3) is 0 Å². The van der Waals surface area contributed by atoms with Crippen molar-refractivity contribution in [1.29, 1.82) is 0 Å². The molecule has 0 bridgehead atoms. The molecule has 8 nitrogen and oxygen atoms in total. The van der Waals surface area contributed by atoms with Crippen LogP contribution in [-0.2, 0) is 20.1 Å². The van der Waals surface area contributed by atoms with Gasteiger partial charge in [-0.3, -0.25) is 14.4 Å². The molecule has 1 unspecified atom stereocenters. The first-order valence-corrected chi connectivity index (χ1v) is 7.78. The number of aliphatic imine (C=N–C) groups is 1. The van der Waals surface area contributed by atoms with Gasteiger partial charge in [-0.1, -0.05) is 6.92 Å². The monoisotopic (exact) mass is 318 g/mol. The summed E-state index contributed by atoms with van der Waals surface area (Å²) in [6, 6.07) is 2.10. The Labute approximate surface area is 137 Å². The molecule has 0 fully saturated rings. The molecular weight excluding hydrogens is 292 g/mol. The molecule has 0 aliphatic carbocycles. The van der Waals surface area contributed by atoms with Crippen LogP contribution in [0.2, 0.25) is 0 Å². The van der Waals surface area contributed by atoms with E-state index in [1.807, 2.05) is 14.0 Å². The Bertz CT molecular complexity index is 654. The summed E-state index contributed by atoms with van der Waals surface area (Å²) in [6.45, 7) is 8.58. The Balaban J connectivity index is 1.78. The topological polar surface area (TPSA) is 85.0 Å². The van der Waals surface area contributed by atoms with Crippen LogP contribution in [0.3, 0.4) is 0 Å². The second-order valence-corrected chi connectivity index (χ2v) is 5.82. The van der Waals surface area contributed by atoms with Crippen molar-refractivity contribution >= 4 is 5.96 Å². The van der Waals surface area contributed by atoms with E-state index in [9.17, 15) is 0 Å². The van der Waals surface area contributed by atoms with Crippen molar-refractivity contribution in [3.05, 3.63) is 29.6 Å². The maximum Gasteiger partial charge on any atom is 0.191 e. The van der Waals surface area contributed by atoms with E-state index < -0.39 is 0 Å². The predicted molar refractivity (Wildman–Crippen MR) is 90.1 cm³/mol. The number of aryl methyl sites for hydroxylation is 3. The van der Waals surface area contributed by atoms with Crippen molar-refractivity contribution < 1.29 is 0 Å². The molecule has 0 spiro atoms.